The molecule has 0 saturated heterocycles. The summed E-state index contributed by atoms with van der Waals surface area (Å²) in [7, 11) is 0. The molecule has 0 amide bonds. The van der Waals surface area contributed by atoms with Crippen molar-refractivity contribution in [3.05, 3.63) is 37.9 Å². The van der Waals surface area contributed by atoms with Gasteiger partial charge in [0.05, 0.1) is 0 Å². The van der Waals surface area contributed by atoms with Crippen LogP contribution >= 0.6 is 0 Å². The quantitative estimate of drug-likeness (QED) is 0.381. The summed E-state index contributed by atoms with van der Waals surface area (Å²) in [6, 6.07) is 5.89. The molecule has 60 valence electrons. The van der Waals surface area contributed by atoms with Crippen molar-refractivity contribution in [2.45, 2.75) is 0 Å². The summed E-state index contributed by atoms with van der Waals surface area (Å²) in [5.74, 6) is 0. The number of para-hydroxylation sites is 1. The topological polar surface area (TPSA) is 43.1 Å². The normalized spacial score (nSPS) is 9.91. The first-order valence-corrected chi connectivity index (χ1v) is 4.64. The summed E-state index contributed by atoms with van der Waals surface area (Å²) < 4.78 is 12.4. The van der Waals surface area contributed by atoms with Crippen molar-refractivity contribution >= 4 is 5.69 Å². The zero-order chi connectivity index (χ0) is 8.27. The summed E-state index contributed by atoms with van der Waals surface area (Å²) in [6.45, 7) is 0. The molecule has 0 spiro atoms. The van der Waals surface area contributed by atoms with Gasteiger partial charge in [0, 0.05) is 0 Å². The summed E-state index contributed by atoms with van der Waals surface area (Å²) >= 11 is -1.69. The Hall–Kier alpha value is -0.720. The van der Waals surface area contributed by atoms with Gasteiger partial charge in [0.15, 0.2) is 0 Å². The molecule has 0 bridgehead atoms. The first-order chi connectivity index (χ1) is 5.25. The standard InChI is InChI=1S/C6H4FINO2/c7-8-5-3-1-2-4-6(5)9(10)11/h1-4H/q-1. The average molecular weight is 268 g/mol. The molecule has 0 heterocycles. The Labute approximate surface area is 73.4 Å². The molecule has 3 nitrogen and oxygen atoms in total. The van der Waals surface area contributed by atoms with Crippen LogP contribution < -0.4 is 21.8 Å². The third-order valence-corrected chi connectivity index (χ3v) is 2.48. The predicted octanol–water partition coefficient (Wildman–Crippen LogP) is -1.26. The number of nitrogens with zero attached hydrogens (tertiary/aromatic N) is 1. The molecule has 0 aliphatic carbocycles. The van der Waals surface area contributed by atoms with Crippen LogP contribution in [0, 0.1) is 13.7 Å². The van der Waals surface area contributed by atoms with Gasteiger partial charge in [0.2, 0.25) is 0 Å². The molecule has 0 aliphatic rings. The van der Waals surface area contributed by atoms with Crippen LogP contribution in [-0.2, 0) is 0 Å². The summed E-state index contributed by atoms with van der Waals surface area (Å²) in [6.07, 6.45) is 0. The van der Waals surface area contributed by atoms with E-state index in [0.29, 0.717) is 0 Å². The molecule has 0 atom stereocenters. The summed E-state index contributed by atoms with van der Waals surface area (Å²) in [5.41, 5.74) is -0.109. The van der Waals surface area contributed by atoms with E-state index in [1.54, 1.807) is 6.07 Å². The van der Waals surface area contributed by atoms with E-state index in [9.17, 15) is 13.0 Å². The van der Waals surface area contributed by atoms with Crippen LogP contribution in [0.15, 0.2) is 24.3 Å². The van der Waals surface area contributed by atoms with Crippen LogP contribution in [0.4, 0.5) is 8.55 Å². The SMILES string of the molecule is O=[N+]([O-])c1ccccc1[I-]F. The minimum atomic E-state index is -1.69. The fourth-order valence-corrected chi connectivity index (χ4v) is 1.59. The Balaban J connectivity index is 3.12. The van der Waals surface area contributed by atoms with Crippen molar-refractivity contribution in [1.29, 1.82) is 0 Å². The van der Waals surface area contributed by atoms with Crippen LogP contribution in [0.3, 0.4) is 0 Å². The Kier molecular flexibility index (Phi) is 2.75. The molecule has 0 fully saturated rings. The summed E-state index contributed by atoms with van der Waals surface area (Å²) in [4.78, 5) is 9.68. The molecule has 0 saturated carbocycles. The van der Waals surface area contributed by atoms with E-state index in [4.69, 9.17) is 0 Å². The van der Waals surface area contributed by atoms with Crippen molar-refractivity contribution in [1.82, 2.24) is 0 Å². The van der Waals surface area contributed by atoms with E-state index < -0.39 is 26.7 Å². The third-order valence-electron chi connectivity index (χ3n) is 1.13. The first kappa shape index (κ1) is 8.38. The van der Waals surface area contributed by atoms with Gasteiger partial charge in [-0.2, -0.15) is 0 Å². The monoisotopic (exact) mass is 268 g/mol. The fourth-order valence-electron chi connectivity index (χ4n) is 0.660. The molecule has 0 radical (unpaired) electrons. The van der Waals surface area contributed by atoms with Gasteiger partial charge in [-0.15, -0.1) is 0 Å². The molecule has 1 aromatic carbocycles. The van der Waals surface area contributed by atoms with Crippen LogP contribution in [0.5, 0.6) is 0 Å². The minimum absolute atomic E-state index is 0.109. The number of hydrogen-bond acceptors (Lipinski definition) is 2. The fraction of sp³-hybridized carbons (Fsp3) is 0. The number of halogens is 2. The van der Waals surface area contributed by atoms with Crippen molar-refractivity contribution in [3.8, 4) is 0 Å². The first-order valence-electron chi connectivity index (χ1n) is 2.75. The second-order valence-corrected chi connectivity index (χ2v) is 3.35. The van der Waals surface area contributed by atoms with Crippen molar-refractivity contribution in [2.24, 2.45) is 0 Å². The second kappa shape index (κ2) is 3.61. The van der Waals surface area contributed by atoms with Crippen LogP contribution in [0.25, 0.3) is 0 Å². The molecule has 11 heavy (non-hydrogen) atoms. The van der Waals surface area contributed by atoms with Gasteiger partial charge < -0.3 is 0 Å². The predicted molar refractivity (Wildman–Crippen MR) is 32.9 cm³/mol. The van der Waals surface area contributed by atoms with Crippen LogP contribution in [0.1, 0.15) is 0 Å². The van der Waals surface area contributed by atoms with E-state index >= 15 is 0 Å². The van der Waals surface area contributed by atoms with Gasteiger partial charge in [-0.25, -0.2) is 0 Å². The molecule has 0 unspecified atom stereocenters. The third kappa shape index (κ3) is 1.86. The Morgan fingerprint density at radius 1 is 1.45 bits per heavy atom. The molecule has 5 heteroatoms. The van der Waals surface area contributed by atoms with Crippen LogP contribution in [-0.4, -0.2) is 4.92 Å². The number of nitro groups is 1. The zero-order valence-electron chi connectivity index (χ0n) is 5.33. The number of hydrogen-bond donors (Lipinski definition) is 0. The van der Waals surface area contributed by atoms with E-state index in [2.05, 4.69) is 0 Å². The molecule has 1 aromatic rings. The van der Waals surface area contributed by atoms with E-state index in [0.717, 1.165) is 0 Å². The molecule has 1 rings (SSSR count). The molecule has 0 N–H and O–H groups in total. The molecular weight excluding hydrogens is 264 g/mol. The average Bonchev–Trinajstić information content (AvgIpc) is 2.04. The van der Waals surface area contributed by atoms with Gasteiger partial charge in [0.25, 0.3) is 0 Å². The molecule has 0 aliphatic heterocycles. The van der Waals surface area contributed by atoms with Gasteiger partial charge in [-0.3, -0.25) is 0 Å². The van der Waals surface area contributed by atoms with Gasteiger partial charge in [-0.1, -0.05) is 0 Å². The Morgan fingerprint density at radius 2 is 2.09 bits per heavy atom. The van der Waals surface area contributed by atoms with Gasteiger partial charge in [0.1, 0.15) is 0 Å². The van der Waals surface area contributed by atoms with Crippen molar-refractivity contribution in [2.75, 3.05) is 0 Å². The Morgan fingerprint density at radius 3 is 2.55 bits per heavy atom. The maximum absolute atomic E-state index is 12.2. The zero-order valence-corrected chi connectivity index (χ0v) is 7.49. The summed E-state index contributed by atoms with van der Waals surface area (Å²) in [5, 5.41) is 10.2. The van der Waals surface area contributed by atoms with E-state index in [1.165, 1.54) is 18.2 Å². The number of benzene rings is 1. The van der Waals surface area contributed by atoms with E-state index in [1.807, 2.05) is 0 Å². The van der Waals surface area contributed by atoms with Crippen molar-refractivity contribution in [3.63, 3.8) is 0 Å². The van der Waals surface area contributed by atoms with Crippen LogP contribution in [0.2, 0.25) is 0 Å². The molecule has 0 aromatic heterocycles. The number of nitro benzene ring substituents is 1. The van der Waals surface area contributed by atoms with E-state index in [-0.39, 0.29) is 9.26 Å². The Bertz CT molecular complexity index is 279. The van der Waals surface area contributed by atoms with Gasteiger partial charge in [-0.05, 0) is 0 Å². The van der Waals surface area contributed by atoms with Crippen molar-refractivity contribution < 1.29 is 29.6 Å². The molecular formula is C6H4FINO2-. The second-order valence-electron chi connectivity index (χ2n) is 1.78. The van der Waals surface area contributed by atoms with Gasteiger partial charge >= 0.3 is 73.2 Å². The number of rotatable bonds is 2. The maximum atomic E-state index is 12.2.